The SMILES string of the molecule is NC(=O)c1cc(-c2ccccc2)cc(-c2ccc(S)cc2)c1N.NCCN1CCOCC1. The molecule has 3 aromatic carbocycles. The lowest BCUT2D eigenvalue weighted by Gasteiger charge is -2.25. The van der Waals surface area contributed by atoms with E-state index in [0.717, 1.165) is 66.5 Å². The van der Waals surface area contributed by atoms with E-state index in [1.54, 1.807) is 6.07 Å². The minimum atomic E-state index is -0.535. The van der Waals surface area contributed by atoms with Crippen LogP contribution < -0.4 is 17.2 Å². The van der Waals surface area contributed by atoms with E-state index in [9.17, 15) is 4.79 Å². The quantitative estimate of drug-likeness (QED) is 0.353. The summed E-state index contributed by atoms with van der Waals surface area (Å²) in [7, 11) is 0. The summed E-state index contributed by atoms with van der Waals surface area (Å²) in [5, 5.41) is 0. The van der Waals surface area contributed by atoms with Gasteiger partial charge in [0.05, 0.1) is 24.5 Å². The third-order valence-corrected chi connectivity index (χ3v) is 5.58. The van der Waals surface area contributed by atoms with Crippen molar-refractivity contribution in [2.75, 3.05) is 45.1 Å². The molecule has 0 unspecified atom stereocenters. The van der Waals surface area contributed by atoms with Crippen molar-refractivity contribution in [1.82, 2.24) is 4.90 Å². The van der Waals surface area contributed by atoms with Gasteiger partial charge in [0.15, 0.2) is 0 Å². The Balaban J connectivity index is 0.000000269. The van der Waals surface area contributed by atoms with Gasteiger partial charge >= 0.3 is 0 Å². The Morgan fingerprint density at radius 2 is 1.59 bits per heavy atom. The van der Waals surface area contributed by atoms with E-state index in [2.05, 4.69) is 17.5 Å². The molecule has 0 aromatic heterocycles. The predicted octanol–water partition coefficient (Wildman–Crippen LogP) is 3.27. The van der Waals surface area contributed by atoms with E-state index in [-0.39, 0.29) is 0 Å². The second-order valence-corrected chi connectivity index (χ2v) is 8.02. The van der Waals surface area contributed by atoms with Crippen LogP contribution in [0.5, 0.6) is 0 Å². The summed E-state index contributed by atoms with van der Waals surface area (Å²) in [6.07, 6.45) is 0. The molecular formula is C25H30N4O2S. The summed E-state index contributed by atoms with van der Waals surface area (Å²) in [5.41, 5.74) is 21.4. The maximum Gasteiger partial charge on any atom is 0.250 e. The molecule has 4 rings (SSSR count). The monoisotopic (exact) mass is 450 g/mol. The number of rotatable bonds is 5. The molecular weight excluding hydrogens is 420 g/mol. The molecule has 1 aliphatic heterocycles. The van der Waals surface area contributed by atoms with Gasteiger partial charge in [0.1, 0.15) is 0 Å². The molecule has 0 bridgehead atoms. The number of hydrogen-bond acceptors (Lipinski definition) is 6. The normalized spacial score (nSPS) is 13.8. The molecule has 6 nitrogen and oxygen atoms in total. The number of ether oxygens (including phenoxy) is 1. The van der Waals surface area contributed by atoms with Crippen LogP contribution in [0.2, 0.25) is 0 Å². The molecule has 1 amide bonds. The van der Waals surface area contributed by atoms with Crippen LogP contribution in [0.1, 0.15) is 10.4 Å². The van der Waals surface area contributed by atoms with Crippen LogP contribution in [0.3, 0.4) is 0 Å². The number of carbonyl (C=O) groups is 1. The van der Waals surface area contributed by atoms with Crippen LogP contribution in [-0.2, 0) is 4.74 Å². The van der Waals surface area contributed by atoms with Crippen LogP contribution in [0, 0.1) is 0 Å². The summed E-state index contributed by atoms with van der Waals surface area (Å²) in [5.74, 6) is -0.535. The Morgan fingerprint density at radius 3 is 2.19 bits per heavy atom. The third-order valence-electron chi connectivity index (χ3n) is 5.28. The van der Waals surface area contributed by atoms with E-state index in [1.807, 2.05) is 60.7 Å². The molecule has 3 aromatic rings. The smallest absolute Gasteiger partial charge is 0.250 e. The molecule has 32 heavy (non-hydrogen) atoms. The number of morpholine rings is 1. The molecule has 168 valence electrons. The first-order valence-corrected chi connectivity index (χ1v) is 11.0. The first-order valence-electron chi connectivity index (χ1n) is 10.6. The number of nitrogens with zero attached hydrogens (tertiary/aromatic N) is 1. The van der Waals surface area contributed by atoms with E-state index >= 15 is 0 Å². The van der Waals surface area contributed by atoms with Gasteiger partial charge in [-0.1, -0.05) is 42.5 Å². The minimum absolute atomic E-state index is 0.330. The van der Waals surface area contributed by atoms with Gasteiger partial charge in [0.25, 0.3) is 5.91 Å². The molecule has 1 aliphatic rings. The summed E-state index contributed by atoms with van der Waals surface area (Å²) < 4.78 is 5.16. The number of benzene rings is 3. The zero-order valence-electron chi connectivity index (χ0n) is 18.0. The van der Waals surface area contributed by atoms with Crippen LogP contribution >= 0.6 is 12.6 Å². The number of nitrogen functional groups attached to an aromatic ring is 1. The van der Waals surface area contributed by atoms with Crippen molar-refractivity contribution >= 4 is 24.2 Å². The van der Waals surface area contributed by atoms with Crippen molar-refractivity contribution in [2.45, 2.75) is 4.90 Å². The zero-order valence-corrected chi connectivity index (χ0v) is 18.9. The van der Waals surface area contributed by atoms with Gasteiger partial charge in [-0.2, -0.15) is 0 Å². The van der Waals surface area contributed by atoms with E-state index in [0.29, 0.717) is 11.3 Å². The van der Waals surface area contributed by atoms with Crippen molar-refractivity contribution in [3.63, 3.8) is 0 Å². The van der Waals surface area contributed by atoms with Crippen molar-refractivity contribution in [3.05, 3.63) is 72.3 Å². The molecule has 0 aliphatic carbocycles. The Bertz CT molecular complexity index is 1020. The summed E-state index contributed by atoms with van der Waals surface area (Å²) in [6, 6.07) is 21.1. The van der Waals surface area contributed by atoms with Gasteiger partial charge in [0.2, 0.25) is 0 Å². The summed E-state index contributed by atoms with van der Waals surface area (Å²) in [6.45, 7) is 5.64. The highest BCUT2D eigenvalue weighted by atomic mass is 32.1. The number of nitrogens with two attached hydrogens (primary N) is 3. The molecule has 0 spiro atoms. The topological polar surface area (TPSA) is 108 Å². The maximum absolute atomic E-state index is 11.8. The lowest BCUT2D eigenvalue weighted by Crippen LogP contribution is -2.39. The highest BCUT2D eigenvalue weighted by Crippen LogP contribution is 2.34. The number of anilines is 1. The fourth-order valence-corrected chi connectivity index (χ4v) is 3.69. The molecule has 1 saturated heterocycles. The minimum Gasteiger partial charge on any atom is -0.398 e. The number of amides is 1. The summed E-state index contributed by atoms with van der Waals surface area (Å²) in [4.78, 5) is 15.0. The van der Waals surface area contributed by atoms with Gasteiger partial charge in [-0.15, -0.1) is 12.6 Å². The van der Waals surface area contributed by atoms with E-state index in [4.69, 9.17) is 21.9 Å². The van der Waals surface area contributed by atoms with Gasteiger partial charge in [-0.25, -0.2) is 0 Å². The van der Waals surface area contributed by atoms with E-state index in [1.165, 1.54) is 0 Å². The lowest BCUT2D eigenvalue weighted by molar-refractivity contribution is 0.0394. The average molecular weight is 451 g/mol. The van der Waals surface area contributed by atoms with Crippen molar-refractivity contribution in [2.24, 2.45) is 11.5 Å². The molecule has 0 saturated carbocycles. The van der Waals surface area contributed by atoms with Crippen LogP contribution in [0.4, 0.5) is 5.69 Å². The molecule has 0 atom stereocenters. The Labute approximate surface area is 194 Å². The van der Waals surface area contributed by atoms with Gasteiger partial charge in [0, 0.05) is 36.6 Å². The molecule has 6 N–H and O–H groups in total. The number of hydrogen-bond donors (Lipinski definition) is 4. The first kappa shape index (κ1) is 23.8. The van der Waals surface area contributed by atoms with Crippen molar-refractivity contribution in [1.29, 1.82) is 0 Å². The number of carbonyl (C=O) groups excluding carboxylic acids is 1. The molecule has 0 radical (unpaired) electrons. The largest absolute Gasteiger partial charge is 0.398 e. The highest BCUT2D eigenvalue weighted by molar-refractivity contribution is 7.80. The van der Waals surface area contributed by atoms with Crippen molar-refractivity contribution < 1.29 is 9.53 Å². The average Bonchev–Trinajstić information content (AvgIpc) is 2.82. The third kappa shape index (κ3) is 6.34. The predicted molar refractivity (Wildman–Crippen MR) is 134 cm³/mol. The second kappa shape index (κ2) is 11.7. The summed E-state index contributed by atoms with van der Waals surface area (Å²) >= 11 is 4.30. The maximum atomic E-state index is 11.8. The zero-order chi connectivity index (χ0) is 22.9. The highest BCUT2D eigenvalue weighted by Gasteiger charge is 2.14. The molecule has 7 heteroatoms. The second-order valence-electron chi connectivity index (χ2n) is 7.50. The Morgan fingerprint density at radius 1 is 0.938 bits per heavy atom. The molecule has 1 fully saturated rings. The fraction of sp³-hybridized carbons (Fsp3) is 0.240. The Kier molecular flexibility index (Phi) is 8.70. The molecule has 1 heterocycles. The van der Waals surface area contributed by atoms with Gasteiger partial charge < -0.3 is 21.9 Å². The fourth-order valence-electron chi connectivity index (χ4n) is 3.54. The lowest BCUT2D eigenvalue weighted by atomic mass is 9.94. The van der Waals surface area contributed by atoms with Crippen LogP contribution in [0.15, 0.2) is 71.6 Å². The van der Waals surface area contributed by atoms with Crippen LogP contribution in [-0.4, -0.2) is 50.2 Å². The standard InChI is InChI=1S/C19H16N2OS.C6H14N2O/c20-18-16(13-6-8-15(23)9-7-13)10-14(11-17(18)19(21)22)12-4-2-1-3-5-12;7-1-2-8-3-5-9-6-4-8/h1-11,23H,20H2,(H2,21,22);1-7H2. The number of primary amides is 1. The van der Waals surface area contributed by atoms with Crippen LogP contribution in [0.25, 0.3) is 22.3 Å². The van der Waals surface area contributed by atoms with Gasteiger partial charge in [-0.3, -0.25) is 9.69 Å². The number of thiol groups is 1. The Hall–Kier alpha value is -2.84. The van der Waals surface area contributed by atoms with Gasteiger partial charge in [-0.05, 0) is 41.0 Å². The van der Waals surface area contributed by atoms with Crippen molar-refractivity contribution in [3.8, 4) is 22.3 Å². The van der Waals surface area contributed by atoms with E-state index < -0.39 is 5.91 Å². The first-order chi connectivity index (χ1) is 15.5.